The van der Waals surface area contributed by atoms with Gasteiger partial charge in [0.05, 0.1) is 12.1 Å². The van der Waals surface area contributed by atoms with Gasteiger partial charge >= 0.3 is 0 Å². The molecule has 1 amide bonds. The highest BCUT2D eigenvalue weighted by Crippen LogP contribution is 2.10. The lowest BCUT2D eigenvalue weighted by atomic mass is 10.1. The van der Waals surface area contributed by atoms with Crippen molar-refractivity contribution < 1.29 is 9.90 Å². The van der Waals surface area contributed by atoms with Crippen LogP contribution in [-0.4, -0.2) is 41.6 Å². The van der Waals surface area contributed by atoms with E-state index in [-0.39, 0.29) is 11.9 Å². The molecule has 0 radical (unpaired) electrons. The van der Waals surface area contributed by atoms with Crippen LogP contribution in [0.25, 0.3) is 0 Å². The number of aliphatic hydroxyl groups excluding tert-OH is 1. The molecule has 0 saturated heterocycles. The van der Waals surface area contributed by atoms with Crippen LogP contribution in [0.5, 0.6) is 0 Å². The molecule has 1 rings (SSSR count). The van der Waals surface area contributed by atoms with Crippen LogP contribution in [0.1, 0.15) is 32.4 Å². The third-order valence-electron chi connectivity index (χ3n) is 3.25. The lowest BCUT2D eigenvalue weighted by Gasteiger charge is -2.24. The van der Waals surface area contributed by atoms with Gasteiger partial charge in [-0.3, -0.25) is 4.79 Å². The monoisotopic (exact) mass is 264 g/mol. The number of hydrogen-bond acceptors (Lipinski definition) is 3. The van der Waals surface area contributed by atoms with Crippen molar-refractivity contribution in [1.82, 2.24) is 10.2 Å². The van der Waals surface area contributed by atoms with Crippen molar-refractivity contribution in [1.29, 1.82) is 0 Å². The fourth-order valence-corrected chi connectivity index (χ4v) is 1.98. The summed E-state index contributed by atoms with van der Waals surface area (Å²) in [6.07, 6.45) is -0.590. The molecule has 4 heteroatoms. The maximum atomic E-state index is 12.0. The van der Waals surface area contributed by atoms with E-state index in [2.05, 4.69) is 5.32 Å². The smallest absolute Gasteiger partial charge is 0.239 e. The van der Waals surface area contributed by atoms with E-state index in [0.717, 1.165) is 5.56 Å². The standard InChI is InChI=1S/C15H24N2O2/c1-4-17(5-2)15(19)12(3)16-11-14(18)13-9-7-6-8-10-13/h6-10,12,14,16,18H,4-5,11H2,1-3H3. The van der Waals surface area contributed by atoms with Crippen LogP contribution in [0, 0.1) is 0 Å². The zero-order valence-electron chi connectivity index (χ0n) is 12.0. The molecule has 0 aliphatic rings. The Morgan fingerprint density at radius 3 is 2.37 bits per heavy atom. The van der Waals surface area contributed by atoms with Gasteiger partial charge in [0.15, 0.2) is 0 Å². The number of carbonyl (C=O) groups excluding carboxylic acids is 1. The molecule has 2 atom stereocenters. The summed E-state index contributed by atoms with van der Waals surface area (Å²) in [6, 6.07) is 9.17. The minimum atomic E-state index is -0.590. The molecule has 2 unspecified atom stereocenters. The zero-order chi connectivity index (χ0) is 14.3. The van der Waals surface area contributed by atoms with Gasteiger partial charge in [-0.15, -0.1) is 0 Å². The SMILES string of the molecule is CCN(CC)C(=O)C(C)NCC(O)c1ccccc1. The highest BCUT2D eigenvalue weighted by molar-refractivity contribution is 5.81. The van der Waals surface area contributed by atoms with Gasteiger partial charge in [-0.25, -0.2) is 0 Å². The predicted octanol–water partition coefficient (Wildman–Crippen LogP) is 1.57. The van der Waals surface area contributed by atoms with E-state index in [1.54, 1.807) is 4.90 Å². The normalized spacial score (nSPS) is 13.9. The van der Waals surface area contributed by atoms with Gasteiger partial charge in [-0.05, 0) is 26.3 Å². The largest absolute Gasteiger partial charge is 0.387 e. The first-order valence-corrected chi connectivity index (χ1v) is 6.85. The molecule has 0 heterocycles. The van der Waals surface area contributed by atoms with E-state index in [4.69, 9.17) is 0 Å². The van der Waals surface area contributed by atoms with Crippen LogP contribution in [-0.2, 0) is 4.79 Å². The average Bonchev–Trinajstić information content (AvgIpc) is 2.46. The summed E-state index contributed by atoms with van der Waals surface area (Å²) in [5, 5.41) is 13.1. The lowest BCUT2D eigenvalue weighted by Crippen LogP contribution is -2.45. The minimum absolute atomic E-state index is 0.0743. The van der Waals surface area contributed by atoms with E-state index in [1.807, 2.05) is 51.1 Å². The number of hydrogen-bond donors (Lipinski definition) is 2. The molecule has 0 bridgehead atoms. The molecule has 19 heavy (non-hydrogen) atoms. The van der Waals surface area contributed by atoms with E-state index in [0.29, 0.717) is 19.6 Å². The second-order valence-electron chi connectivity index (χ2n) is 4.57. The Morgan fingerprint density at radius 1 is 1.26 bits per heavy atom. The Hall–Kier alpha value is -1.39. The summed E-state index contributed by atoms with van der Waals surface area (Å²) in [4.78, 5) is 13.8. The first-order valence-electron chi connectivity index (χ1n) is 6.85. The zero-order valence-corrected chi connectivity index (χ0v) is 12.0. The van der Waals surface area contributed by atoms with Crippen molar-refractivity contribution in [2.75, 3.05) is 19.6 Å². The van der Waals surface area contributed by atoms with Crippen molar-refractivity contribution >= 4 is 5.91 Å². The highest BCUT2D eigenvalue weighted by Gasteiger charge is 2.18. The molecular formula is C15H24N2O2. The molecule has 2 N–H and O–H groups in total. The molecule has 1 aromatic rings. The van der Waals surface area contributed by atoms with Gasteiger partial charge in [-0.1, -0.05) is 30.3 Å². The Balaban J connectivity index is 2.46. The first-order chi connectivity index (χ1) is 9.10. The van der Waals surface area contributed by atoms with Crippen LogP contribution in [0.15, 0.2) is 30.3 Å². The summed E-state index contributed by atoms with van der Waals surface area (Å²) in [6.45, 7) is 7.56. The van der Waals surface area contributed by atoms with Crippen molar-refractivity contribution in [2.24, 2.45) is 0 Å². The average molecular weight is 264 g/mol. The molecule has 0 aliphatic carbocycles. The summed E-state index contributed by atoms with van der Waals surface area (Å²) >= 11 is 0. The third-order valence-corrected chi connectivity index (χ3v) is 3.25. The number of likely N-dealkylation sites (N-methyl/N-ethyl adjacent to an activating group) is 1. The number of nitrogens with zero attached hydrogens (tertiary/aromatic N) is 1. The fourth-order valence-electron chi connectivity index (χ4n) is 1.98. The molecule has 1 aromatic carbocycles. The molecule has 4 nitrogen and oxygen atoms in total. The van der Waals surface area contributed by atoms with Gasteiger partial charge in [0.2, 0.25) is 5.91 Å². The molecule has 0 fully saturated rings. The molecule has 106 valence electrons. The first kappa shape index (κ1) is 15.7. The molecule has 0 aliphatic heterocycles. The van der Waals surface area contributed by atoms with Gasteiger partial charge in [-0.2, -0.15) is 0 Å². The van der Waals surface area contributed by atoms with Crippen LogP contribution < -0.4 is 5.32 Å². The number of nitrogens with one attached hydrogen (secondary N) is 1. The fraction of sp³-hybridized carbons (Fsp3) is 0.533. The second-order valence-corrected chi connectivity index (χ2v) is 4.57. The maximum Gasteiger partial charge on any atom is 0.239 e. The summed E-state index contributed by atoms with van der Waals surface area (Å²) < 4.78 is 0. The van der Waals surface area contributed by atoms with Crippen molar-refractivity contribution in [3.05, 3.63) is 35.9 Å². The van der Waals surface area contributed by atoms with E-state index in [9.17, 15) is 9.90 Å². The Morgan fingerprint density at radius 2 is 1.84 bits per heavy atom. The number of aliphatic hydroxyl groups is 1. The topological polar surface area (TPSA) is 52.6 Å². The van der Waals surface area contributed by atoms with Crippen LogP contribution in [0.2, 0.25) is 0 Å². The second kappa shape index (κ2) is 7.92. The Kier molecular flexibility index (Phi) is 6.53. The van der Waals surface area contributed by atoms with E-state index >= 15 is 0 Å². The minimum Gasteiger partial charge on any atom is -0.387 e. The summed E-state index contributed by atoms with van der Waals surface area (Å²) in [5.74, 6) is 0.0743. The van der Waals surface area contributed by atoms with Crippen LogP contribution >= 0.6 is 0 Å². The van der Waals surface area contributed by atoms with Gasteiger partial charge in [0.1, 0.15) is 0 Å². The molecule has 0 spiro atoms. The van der Waals surface area contributed by atoms with E-state index < -0.39 is 6.10 Å². The quantitative estimate of drug-likeness (QED) is 0.786. The molecule has 0 aromatic heterocycles. The van der Waals surface area contributed by atoms with Crippen LogP contribution in [0.4, 0.5) is 0 Å². The van der Waals surface area contributed by atoms with Crippen LogP contribution in [0.3, 0.4) is 0 Å². The van der Waals surface area contributed by atoms with Gasteiger partial charge < -0.3 is 15.3 Å². The predicted molar refractivity (Wildman–Crippen MR) is 76.8 cm³/mol. The summed E-state index contributed by atoms with van der Waals surface area (Å²) in [7, 11) is 0. The number of amides is 1. The summed E-state index contributed by atoms with van der Waals surface area (Å²) in [5.41, 5.74) is 0.859. The number of rotatable bonds is 7. The number of carbonyl (C=O) groups is 1. The molecule has 0 saturated carbocycles. The number of benzene rings is 1. The Labute approximate surface area is 115 Å². The van der Waals surface area contributed by atoms with Gasteiger partial charge in [0.25, 0.3) is 0 Å². The van der Waals surface area contributed by atoms with Crippen molar-refractivity contribution in [3.8, 4) is 0 Å². The Bertz CT molecular complexity index is 377. The highest BCUT2D eigenvalue weighted by atomic mass is 16.3. The van der Waals surface area contributed by atoms with Crippen molar-refractivity contribution in [2.45, 2.75) is 32.9 Å². The third kappa shape index (κ3) is 4.65. The maximum absolute atomic E-state index is 12.0. The lowest BCUT2D eigenvalue weighted by molar-refractivity contribution is -0.132. The van der Waals surface area contributed by atoms with Gasteiger partial charge in [0, 0.05) is 19.6 Å². The van der Waals surface area contributed by atoms with Crippen molar-refractivity contribution in [3.63, 3.8) is 0 Å². The molecular weight excluding hydrogens is 240 g/mol. The van der Waals surface area contributed by atoms with E-state index in [1.165, 1.54) is 0 Å².